The molecule has 9 nitrogen and oxygen atoms in total. The van der Waals surface area contributed by atoms with Gasteiger partial charge >= 0.3 is 65.9 Å². The average Bonchev–Trinajstić information content (AvgIpc) is 3.53. The van der Waals surface area contributed by atoms with Gasteiger partial charge in [0, 0.05) is 57.8 Å². The van der Waals surface area contributed by atoms with E-state index in [-0.39, 0.29) is 46.9 Å². The average molecular weight is 1240 g/mol. The van der Waals surface area contributed by atoms with Gasteiger partial charge in [0.1, 0.15) is 5.75 Å². The minimum absolute atomic E-state index is 0.0365. The van der Waals surface area contributed by atoms with E-state index in [1.807, 2.05) is 56.3 Å². The summed E-state index contributed by atoms with van der Waals surface area (Å²) < 4.78 is 2.06. The molecule has 1 aliphatic heterocycles. The molecular formula is C69H108ClN4O5PRu+. The first-order chi connectivity index (χ1) is 39.5. The van der Waals surface area contributed by atoms with Gasteiger partial charge in [-0.1, -0.05) is 133 Å². The second kappa shape index (κ2) is 49.3. The summed E-state index contributed by atoms with van der Waals surface area (Å²) in [4.78, 5) is 37.0. The first-order valence-corrected chi connectivity index (χ1v) is 36.4. The number of para-hydroxylation sites is 1. The molecule has 12 heteroatoms. The third kappa shape index (κ3) is 35.6. The predicted octanol–water partition coefficient (Wildman–Crippen LogP) is 19.7. The Kier molecular flexibility index (Phi) is 44.5. The Hall–Kier alpha value is -4.10. The quantitative estimate of drug-likeness (QED) is 0.0222. The third-order valence-corrected chi connectivity index (χ3v) is 21.1. The minimum atomic E-state index is -0.504. The summed E-state index contributed by atoms with van der Waals surface area (Å²) in [6.45, 7) is 16.7. The SMILES string of the molecule is C1CCC([PH+](C2CCCCC2)C2CCCCC2)CC1.C=CCCCCCCCCC(=O)NCC=C.CCC.Cc1cccc(C)c1N=Cc1cc([N+](=O)[O-])ccc1O.O=C1CCCCCCCC/C=C/CN1.[Cl][Ru]=[CH]c1ccccc1. The molecule has 4 aliphatic rings. The van der Waals surface area contributed by atoms with Crippen LogP contribution in [0.2, 0.25) is 0 Å². The molecule has 3 N–H and O–H groups in total. The molecule has 81 heavy (non-hydrogen) atoms. The Labute approximate surface area is 505 Å². The van der Waals surface area contributed by atoms with E-state index in [0.717, 1.165) is 48.9 Å². The standard InChI is InChI=1S/C18H33P.C15H14N2O3.C14H25NO.C12H21NO.C7H6.C3H8.ClH.Ru/c1-4-10-16(11-5-1)19(17-12-6-2-7-13-17)18-14-8-3-9-15-18;1-10-4-3-5-11(2)15(10)16-9-12-8-13(17(19)20)6-7-14(12)18;1-3-5-6-7-8-9-10-11-12-14(16)15-13-4-2;14-12-10-8-6-4-2-1-3-5-7-9-11-13-12;1-7-5-3-2-4-6-7;1-3-2;;/h16-18H,1-15H2;3-9,18H,1-2H3;3-4H,1-2,5-13H2,(H,15,16);7,9H,1-6,8,10-11H2,(H,13,14);1-6H;3H2,1-2H3;1H;/q;;;;;;;+1/b;;;9-7+;;;;. The number of hydrogen-bond acceptors (Lipinski definition) is 6. The van der Waals surface area contributed by atoms with Crippen molar-refractivity contribution in [1.82, 2.24) is 10.6 Å². The number of phenols is 1. The maximum absolute atomic E-state index is 11.2. The van der Waals surface area contributed by atoms with Gasteiger partial charge in [0.15, 0.2) is 0 Å². The number of nitrogens with one attached hydrogen (secondary N) is 2. The Morgan fingerprint density at radius 2 is 1.27 bits per heavy atom. The van der Waals surface area contributed by atoms with Crippen LogP contribution in [0.15, 0.2) is 109 Å². The van der Waals surface area contributed by atoms with Crippen LogP contribution < -0.4 is 10.6 Å². The van der Waals surface area contributed by atoms with Crippen LogP contribution in [0, 0.1) is 24.0 Å². The van der Waals surface area contributed by atoms with E-state index >= 15 is 0 Å². The second-order valence-electron chi connectivity index (χ2n) is 22.3. The molecule has 3 aliphatic carbocycles. The fourth-order valence-corrected chi connectivity index (χ4v) is 17.4. The van der Waals surface area contributed by atoms with Gasteiger partial charge < -0.3 is 15.7 Å². The maximum atomic E-state index is 11.2. The summed E-state index contributed by atoms with van der Waals surface area (Å²) >= 11 is -0.0765. The number of aryl methyl sites for hydroxylation is 2. The number of halogens is 1. The molecule has 0 radical (unpaired) electrons. The van der Waals surface area contributed by atoms with Crippen molar-refractivity contribution in [2.75, 3.05) is 13.1 Å². The normalized spacial score (nSPS) is 17.0. The molecule has 3 aromatic carbocycles. The van der Waals surface area contributed by atoms with Crippen LogP contribution in [0.25, 0.3) is 0 Å². The number of allylic oxidation sites excluding steroid dienone is 2. The molecule has 453 valence electrons. The number of nitro benzene ring substituents is 1. The van der Waals surface area contributed by atoms with Crippen molar-refractivity contribution in [3.05, 3.63) is 137 Å². The van der Waals surface area contributed by atoms with Gasteiger partial charge in [0.05, 0.1) is 27.6 Å². The van der Waals surface area contributed by atoms with Crippen molar-refractivity contribution >= 4 is 51.6 Å². The first-order valence-electron chi connectivity index (χ1n) is 31.4. The molecule has 0 atom stereocenters. The molecule has 1 heterocycles. The van der Waals surface area contributed by atoms with Gasteiger partial charge in [-0.15, -0.1) is 13.2 Å². The summed E-state index contributed by atoms with van der Waals surface area (Å²) in [7, 11) is 5.52. The predicted molar refractivity (Wildman–Crippen MR) is 350 cm³/mol. The van der Waals surface area contributed by atoms with Crippen molar-refractivity contribution in [3.63, 3.8) is 0 Å². The summed E-state index contributed by atoms with van der Waals surface area (Å²) in [5.41, 5.74) is 7.97. The molecule has 0 unspecified atom stereocenters. The van der Waals surface area contributed by atoms with Gasteiger partial charge in [-0.2, -0.15) is 0 Å². The monoisotopic (exact) mass is 1240 g/mol. The van der Waals surface area contributed by atoms with Crippen LogP contribution in [0.3, 0.4) is 0 Å². The van der Waals surface area contributed by atoms with Crippen molar-refractivity contribution in [2.45, 2.75) is 250 Å². The zero-order valence-corrected chi connectivity index (χ0v) is 54.2. The number of unbranched alkanes of at least 4 members (excludes halogenated alkanes) is 6. The van der Waals surface area contributed by atoms with Crippen molar-refractivity contribution < 1.29 is 35.3 Å². The number of amides is 2. The first kappa shape index (κ1) is 73.0. The Bertz CT molecular complexity index is 2160. The molecule has 0 bridgehead atoms. The fraction of sp³-hybridized carbons (Fsp3) is 0.594. The third-order valence-electron chi connectivity index (χ3n) is 15.3. The molecule has 0 spiro atoms. The van der Waals surface area contributed by atoms with Gasteiger partial charge in [-0.3, -0.25) is 24.7 Å². The van der Waals surface area contributed by atoms with Crippen molar-refractivity contribution in [3.8, 4) is 5.75 Å². The van der Waals surface area contributed by atoms with Gasteiger partial charge in [-0.25, -0.2) is 0 Å². The molecular weight excluding hydrogens is 1130 g/mol. The van der Waals surface area contributed by atoms with Gasteiger partial charge in [0.2, 0.25) is 11.8 Å². The zero-order chi connectivity index (χ0) is 59.0. The van der Waals surface area contributed by atoms with Crippen LogP contribution in [0.4, 0.5) is 11.4 Å². The summed E-state index contributed by atoms with van der Waals surface area (Å²) in [6.07, 6.45) is 52.8. The number of carbonyl (C=O) groups is 2. The number of nitro groups is 1. The topological polar surface area (TPSA) is 134 Å². The fourth-order valence-electron chi connectivity index (χ4n) is 11.0. The van der Waals surface area contributed by atoms with Gasteiger partial charge in [-0.05, 0) is 147 Å². The molecule has 3 aromatic rings. The number of hydrogen-bond donors (Lipinski definition) is 3. The number of phenolic OH excluding ortho intramolecular Hbond substituents is 1. The van der Waals surface area contributed by atoms with Crippen LogP contribution in [0.1, 0.15) is 242 Å². The number of benzene rings is 3. The van der Waals surface area contributed by atoms with Crippen molar-refractivity contribution in [2.24, 2.45) is 4.99 Å². The molecule has 0 aromatic heterocycles. The zero-order valence-electron chi connectivity index (χ0n) is 50.7. The Balaban J connectivity index is 0.000000348. The summed E-state index contributed by atoms with van der Waals surface area (Å²) in [5.74, 6) is 0.311. The van der Waals surface area contributed by atoms with E-state index in [1.54, 1.807) is 102 Å². The van der Waals surface area contributed by atoms with E-state index in [4.69, 9.17) is 9.69 Å². The molecule has 3 saturated carbocycles. The summed E-state index contributed by atoms with van der Waals surface area (Å²) in [6, 6.07) is 19.8. The second-order valence-corrected chi connectivity index (χ2v) is 27.5. The van der Waals surface area contributed by atoms with E-state index in [2.05, 4.69) is 71.5 Å². The van der Waals surface area contributed by atoms with Crippen LogP contribution in [-0.2, 0) is 25.3 Å². The van der Waals surface area contributed by atoms with Crippen LogP contribution in [-0.4, -0.2) is 62.7 Å². The number of nitrogens with zero attached hydrogens (tertiary/aromatic N) is 2. The number of carbonyl (C=O) groups excluding carboxylic acids is 2. The molecule has 2 amide bonds. The number of aliphatic imine (C=N–C) groups is 1. The van der Waals surface area contributed by atoms with Crippen LogP contribution >= 0.6 is 17.6 Å². The number of aromatic hydroxyl groups is 1. The molecule has 3 fully saturated rings. The van der Waals surface area contributed by atoms with E-state index in [1.165, 1.54) is 111 Å². The number of non-ortho nitro benzene ring substituents is 1. The van der Waals surface area contributed by atoms with Crippen LogP contribution in [0.5, 0.6) is 5.75 Å². The molecule has 7 rings (SSSR count). The van der Waals surface area contributed by atoms with E-state index in [9.17, 15) is 24.8 Å². The molecule has 0 saturated heterocycles. The van der Waals surface area contributed by atoms with Gasteiger partial charge in [0.25, 0.3) is 5.69 Å². The Morgan fingerprint density at radius 1 is 0.741 bits per heavy atom. The van der Waals surface area contributed by atoms with Crippen molar-refractivity contribution in [1.29, 1.82) is 0 Å². The van der Waals surface area contributed by atoms with E-state index in [0.29, 0.717) is 31.5 Å². The Morgan fingerprint density at radius 3 is 1.81 bits per heavy atom. The number of rotatable bonds is 18. The van der Waals surface area contributed by atoms with E-state index < -0.39 is 4.92 Å². The summed E-state index contributed by atoms with van der Waals surface area (Å²) in [5, 5.41) is 26.1.